The quantitative estimate of drug-likeness (QED) is 0.787. The predicted molar refractivity (Wildman–Crippen MR) is 77.6 cm³/mol. The Labute approximate surface area is 120 Å². The van der Waals surface area contributed by atoms with Crippen molar-refractivity contribution in [2.45, 2.75) is 6.92 Å². The van der Waals surface area contributed by atoms with Crippen molar-refractivity contribution in [1.82, 2.24) is 14.8 Å². The van der Waals surface area contributed by atoms with Crippen LogP contribution in [0.15, 0.2) is 36.5 Å². The molecule has 0 aliphatic rings. The van der Waals surface area contributed by atoms with E-state index in [1.54, 1.807) is 23.9 Å². The van der Waals surface area contributed by atoms with Gasteiger partial charge in [0.1, 0.15) is 5.82 Å². The lowest BCUT2D eigenvalue weighted by Crippen LogP contribution is -2.12. The Morgan fingerprint density at radius 1 is 1.33 bits per heavy atom. The Morgan fingerprint density at radius 2 is 2.14 bits per heavy atom. The molecule has 0 radical (unpaired) electrons. The second-order valence-corrected chi connectivity index (χ2v) is 4.77. The standard InChI is InChI=1S/C15H13FN4O/c1-9-13-6-10(8-17-14(13)20(2)19-9)15(21)18-12-5-3-4-11(16)7-12/h3-8H,1-2H3,(H,18,21). The van der Waals surface area contributed by atoms with Crippen LogP contribution in [0.1, 0.15) is 16.1 Å². The van der Waals surface area contributed by atoms with Gasteiger partial charge in [-0.2, -0.15) is 5.10 Å². The number of benzene rings is 1. The summed E-state index contributed by atoms with van der Waals surface area (Å²) >= 11 is 0. The summed E-state index contributed by atoms with van der Waals surface area (Å²) in [7, 11) is 1.80. The summed E-state index contributed by atoms with van der Waals surface area (Å²) in [5.74, 6) is -0.734. The largest absolute Gasteiger partial charge is 0.322 e. The van der Waals surface area contributed by atoms with Gasteiger partial charge in [0.25, 0.3) is 5.91 Å². The monoisotopic (exact) mass is 284 g/mol. The Balaban J connectivity index is 1.93. The molecule has 0 saturated carbocycles. The van der Waals surface area contributed by atoms with Crippen LogP contribution in [0.2, 0.25) is 0 Å². The molecule has 0 fully saturated rings. The third-order valence-corrected chi connectivity index (χ3v) is 3.21. The topological polar surface area (TPSA) is 59.8 Å². The highest BCUT2D eigenvalue weighted by atomic mass is 19.1. The molecule has 5 nitrogen and oxygen atoms in total. The molecule has 0 bridgehead atoms. The van der Waals surface area contributed by atoms with Crippen LogP contribution in [-0.4, -0.2) is 20.7 Å². The van der Waals surface area contributed by atoms with Gasteiger partial charge >= 0.3 is 0 Å². The minimum atomic E-state index is -0.399. The molecule has 0 aliphatic carbocycles. The summed E-state index contributed by atoms with van der Waals surface area (Å²) in [5.41, 5.74) is 2.33. The number of aryl methyl sites for hydroxylation is 2. The Hall–Kier alpha value is -2.76. The van der Waals surface area contributed by atoms with Crippen LogP contribution in [0.3, 0.4) is 0 Å². The number of amides is 1. The smallest absolute Gasteiger partial charge is 0.257 e. The third-order valence-electron chi connectivity index (χ3n) is 3.21. The van der Waals surface area contributed by atoms with Gasteiger partial charge in [-0.05, 0) is 31.2 Å². The SMILES string of the molecule is Cc1nn(C)c2ncc(C(=O)Nc3cccc(F)c3)cc12. The lowest BCUT2D eigenvalue weighted by atomic mass is 10.2. The van der Waals surface area contributed by atoms with E-state index < -0.39 is 5.82 Å². The van der Waals surface area contributed by atoms with Gasteiger partial charge in [-0.1, -0.05) is 6.07 Å². The summed E-state index contributed by atoms with van der Waals surface area (Å²) in [6, 6.07) is 7.49. The van der Waals surface area contributed by atoms with E-state index in [1.807, 2.05) is 6.92 Å². The second kappa shape index (κ2) is 4.97. The molecule has 3 rings (SSSR count). The second-order valence-electron chi connectivity index (χ2n) is 4.77. The number of halogens is 1. The summed E-state index contributed by atoms with van der Waals surface area (Å²) in [6.07, 6.45) is 1.48. The highest BCUT2D eigenvalue weighted by molar-refractivity contribution is 6.05. The first-order chi connectivity index (χ1) is 10.0. The highest BCUT2D eigenvalue weighted by Crippen LogP contribution is 2.17. The fraction of sp³-hybridized carbons (Fsp3) is 0.133. The lowest BCUT2D eigenvalue weighted by Gasteiger charge is -2.05. The summed E-state index contributed by atoms with van der Waals surface area (Å²) < 4.78 is 14.8. The van der Waals surface area contributed by atoms with Gasteiger partial charge in [-0.3, -0.25) is 9.48 Å². The Kier molecular flexibility index (Phi) is 3.13. The van der Waals surface area contributed by atoms with Crippen molar-refractivity contribution in [3.63, 3.8) is 0 Å². The molecular weight excluding hydrogens is 271 g/mol. The van der Waals surface area contributed by atoms with Crippen molar-refractivity contribution in [1.29, 1.82) is 0 Å². The van der Waals surface area contributed by atoms with Gasteiger partial charge in [-0.15, -0.1) is 0 Å². The van der Waals surface area contributed by atoms with Gasteiger partial charge in [0.05, 0.1) is 11.3 Å². The molecular formula is C15H13FN4O. The van der Waals surface area contributed by atoms with Crippen LogP contribution in [0.25, 0.3) is 11.0 Å². The van der Waals surface area contributed by atoms with E-state index >= 15 is 0 Å². The minimum absolute atomic E-state index is 0.335. The van der Waals surface area contributed by atoms with Gasteiger partial charge in [0.15, 0.2) is 5.65 Å². The zero-order valence-electron chi connectivity index (χ0n) is 11.6. The molecule has 0 atom stereocenters. The number of fused-ring (bicyclic) bond motifs is 1. The summed E-state index contributed by atoms with van der Waals surface area (Å²) in [4.78, 5) is 16.4. The molecule has 0 spiro atoms. The first kappa shape index (κ1) is 13.2. The zero-order valence-corrected chi connectivity index (χ0v) is 11.6. The maximum absolute atomic E-state index is 13.1. The zero-order chi connectivity index (χ0) is 15.0. The predicted octanol–water partition coefficient (Wildman–Crippen LogP) is 2.67. The van der Waals surface area contributed by atoms with Crippen molar-refractivity contribution in [3.8, 4) is 0 Å². The summed E-state index contributed by atoms with van der Waals surface area (Å²) in [5, 5.41) is 7.73. The number of hydrogen-bond donors (Lipinski definition) is 1. The normalized spacial score (nSPS) is 10.8. The van der Waals surface area contributed by atoms with E-state index in [4.69, 9.17) is 0 Å². The van der Waals surface area contributed by atoms with Gasteiger partial charge in [0, 0.05) is 24.3 Å². The van der Waals surface area contributed by atoms with E-state index in [0.717, 1.165) is 16.7 Å². The lowest BCUT2D eigenvalue weighted by molar-refractivity contribution is 0.102. The number of rotatable bonds is 2. The number of carbonyl (C=O) groups is 1. The molecule has 0 unspecified atom stereocenters. The van der Waals surface area contributed by atoms with E-state index in [2.05, 4.69) is 15.4 Å². The number of carbonyl (C=O) groups excluding carboxylic acids is 1. The average Bonchev–Trinajstić information content (AvgIpc) is 2.73. The highest BCUT2D eigenvalue weighted by Gasteiger charge is 2.12. The molecule has 106 valence electrons. The van der Waals surface area contributed by atoms with E-state index in [1.165, 1.54) is 24.4 Å². The molecule has 6 heteroatoms. The van der Waals surface area contributed by atoms with E-state index in [-0.39, 0.29) is 5.91 Å². The maximum atomic E-state index is 13.1. The van der Waals surface area contributed by atoms with Crippen LogP contribution in [0.4, 0.5) is 10.1 Å². The molecule has 21 heavy (non-hydrogen) atoms. The third kappa shape index (κ3) is 2.47. The van der Waals surface area contributed by atoms with Crippen LogP contribution >= 0.6 is 0 Å². The van der Waals surface area contributed by atoms with Crippen molar-refractivity contribution < 1.29 is 9.18 Å². The summed E-state index contributed by atoms with van der Waals surface area (Å²) in [6.45, 7) is 1.86. The molecule has 3 aromatic rings. The van der Waals surface area contributed by atoms with Crippen molar-refractivity contribution in [2.24, 2.45) is 7.05 Å². The average molecular weight is 284 g/mol. The number of nitrogens with one attached hydrogen (secondary N) is 1. The molecule has 2 heterocycles. The Bertz CT molecular complexity index is 841. The van der Waals surface area contributed by atoms with Crippen LogP contribution < -0.4 is 5.32 Å². The molecule has 2 aromatic heterocycles. The molecule has 1 N–H and O–H groups in total. The number of anilines is 1. The number of aromatic nitrogens is 3. The fourth-order valence-electron chi connectivity index (χ4n) is 2.20. The maximum Gasteiger partial charge on any atom is 0.257 e. The van der Waals surface area contributed by atoms with Crippen molar-refractivity contribution in [3.05, 3.63) is 53.6 Å². The molecule has 0 aliphatic heterocycles. The minimum Gasteiger partial charge on any atom is -0.322 e. The van der Waals surface area contributed by atoms with Crippen molar-refractivity contribution in [2.75, 3.05) is 5.32 Å². The molecule has 1 aromatic carbocycles. The first-order valence-electron chi connectivity index (χ1n) is 6.41. The molecule has 0 saturated heterocycles. The fourth-order valence-corrected chi connectivity index (χ4v) is 2.20. The van der Waals surface area contributed by atoms with Gasteiger partial charge in [0.2, 0.25) is 0 Å². The first-order valence-corrected chi connectivity index (χ1v) is 6.41. The van der Waals surface area contributed by atoms with Crippen LogP contribution in [0.5, 0.6) is 0 Å². The number of nitrogens with zero attached hydrogens (tertiary/aromatic N) is 3. The molecule has 1 amide bonds. The van der Waals surface area contributed by atoms with Crippen molar-refractivity contribution >= 4 is 22.6 Å². The van der Waals surface area contributed by atoms with Gasteiger partial charge < -0.3 is 5.32 Å². The van der Waals surface area contributed by atoms with Gasteiger partial charge in [-0.25, -0.2) is 9.37 Å². The van der Waals surface area contributed by atoms with Crippen LogP contribution in [0, 0.1) is 12.7 Å². The van der Waals surface area contributed by atoms with E-state index in [9.17, 15) is 9.18 Å². The van der Waals surface area contributed by atoms with Crippen LogP contribution in [-0.2, 0) is 7.05 Å². The van der Waals surface area contributed by atoms with E-state index in [0.29, 0.717) is 11.3 Å². The Morgan fingerprint density at radius 3 is 2.90 bits per heavy atom. The number of hydrogen-bond acceptors (Lipinski definition) is 3. The number of pyridine rings is 1.